The van der Waals surface area contributed by atoms with Crippen molar-refractivity contribution in [2.75, 3.05) is 7.11 Å². The van der Waals surface area contributed by atoms with Crippen molar-refractivity contribution < 1.29 is 14.4 Å². The van der Waals surface area contributed by atoms with Crippen molar-refractivity contribution in [2.45, 2.75) is 6.61 Å². The summed E-state index contributed by atoms with van der Waals surface area (Å²) in [5, 5.41) is 29.5. The Morgan fingerprint density at radius 3 is 2.53 bits per heavy atom. The van der Waals surface area contributed by atoms with E-state index in [0.29, 0.717) is 28.2 Å². The molecule has 0 aromatic heterocycles. The number of nitriles is 2. The minimum atomic E-state index is -0.449. The van der Waals surface area contributed by atoms with Gasteiger partial charge in [0.25, 0.3) is 5.69 Å². The molecule has 0 unspecified atom stereocenters. The summed E-state index contributed by atoms with van der Waals surface area (Å²) in [6.45, 7) is 0.212. The fraction of sp³-hybridized carbons (Fsp3) is 0.0833. The van der Waals surface area contributed by atoms with Crippen molar-refractivity contribution in [3.63, 3.8) is 0 Å². The third-order valence-electron chi connectivity index (χ3n) is 4.52. The average Bonchev–Trinajstić information content (AvgIpc) is 2.81. The molecule has 0 atom stereocenters. The molecule has 7 nitrogen and oxygen atoms in total. The van der Waals surface area contributed by atoms with Gasteiger partial charge in [0.1, 0.15) is 6.61 Å². The Morgan fingerprint density at radius 1 is 1.16 bits per heavy atom. The van der Waals surface area contributed by atoms with E-state index in [2.05, 4.69) is 34.7 Å². The first-order valence-electron chi connectivity index (χ1n) is 9.31. The van der Waals surface area contributed by atoms with Crippen LogP contribution >= 0.6 is 22.6 Å². The summed E-state index contributed by atoms with van der Waals surface area (Å²) in [6, 6.07) is 20.9. The summed E-state index contributed by atoms with van der Waals surface area (Å²) >= 11 is 2.13. The van der Waals surface area contributed by atoms with E-state index in [-0.39, 0.29) is 12.3 Å². The maximum Gasteiger partial charge on any atom is 0.269 e. The molecule has 0 fully saturated rings. The molecule has 0 heterocycles. The normalized spacial score (nSPS) is 10.7. The van der Waals surface area contributed by atoms with Crippen LogP contribution in [-0.4, -0.2) is 12.0 Å². The third kappa shape index (κ3) is 5.42. The Labute approximate surface area is 198 Å². The van der Waals surface area contributed by atoms with Gasteiger partial charge in [-0.2, -0.15) is 10.5 Å². The number of nitrogens with zero attached hydrogens (tertiary/aromatic N) is 3. The number of rotatable bonds is 7. The maximum absolute atomic E-state index is 10.8. The number of methoxy groups -OCH3 is 1. The van der Waals surface area contributed by atoms with Gasteiger partial charge in [0.05, 0.1) is 38.9 Å². The molecule has 0 spiro atoms. The molecule has 0 saturated heterocycles. The first kappa shape index (κ1) is 22.8. The monoisotopic (exact) mass is 537 g/mol. The largest absolute Gasteiger partial charge is 0.493 e. The lowest BCUT2D eigenvalue weighted by molar-refractivity contribution is -0.384. The highest BCUT2D eigenvalue weighted by molar-refractivity contribution is 14.1. The Kier molecular flexibility index (Phi) is 7.42. The van der Waals surface area contributed by atoms with Crippen LogP contribution in [0.3, 0.4) is 0 Å². The van der Waals surface area contributed by atoms with Crippen LogP contribution < -0.4 is 9.47 Å². The van der Waals surface area contributed by atoms with Crippen LogP contribution in [0.5, 0.6) is 11.5 Å². The summed E-state index contributed by atoms with van der Waals surface area (Å²) < 4.78 is 12.2. The molecule has 32 heavy (non-hydrogen) atoms. The highest BCUT2D eigenvalue weighted by Crippen LogP contribution is 2.35. The van der Waals surface area contributed by atoms with E-state index < -0.39 is 4.92 Å². The van der Waals surface area contributed by atoms with Crippen molar-refractivity contribution in [1.82, 2.24) is 0 Å². The molecule has 3 aromatic carbocycles. The molecule has 0 radical (unpaired) electrons. The molecule has 0 aliphatic carbocycles. The lowest BCUT2D eigenvalue weighted by Gasteiger charge is -2.14. The number of allylic oxidation sites excluding steroid dienone is 1. The molecule has 8 heteroatoms. The van der Waals surface area contributed by atoms with E-state index in [1.165, 1.54) is 19.2 Å². The van der Waals surface area contributed by atoms with Gasteiger partial charge >= 0.3 is 0 Å². The maximum atomic E-state index is 10.8. The van der Waals surface area contributed by atoms with Crippen molar-refractivity contribution in [3.05, 3.63) is 96.6 Å². The number of nitro groups is 1. The van der Waals surface area contributed by atoms with Crippen LogP contribution in [-0.2, 0) is 6.61 Å². The van der Waals surface area contributed by atoms with Gasteiger partial charge in [-0.15, -0.1) is 0 Å². The van der Waals surface area contributed by atoms with Gasteiger partial charge in [-0.1, -0.05) is 12.1 Å². The molecule has 3 aromatic rings. The summed E-state index contributed by atoms with van der Waals surface area (Å²) in [7, 11) is 1.53. The second-order valence-electron chi connectivity index (χ2n) is 6.61. The molecule has 0 N–H and O–H groups in total. The molecule has 3 rings (SSSR count). The van der Waals surface area contributed by atoms with E-state index in [0.717, 1.165) is 14.7 Å². The second kappa shape index (κ2) is 10.4. The fourth-order valence-electron chi connectivity index (χ4n) is 2.94. The SMILES string of the molecule is COc1cc(/C=C(\C#N)c2cccc(C#N)c2)cc(I)c1OCc1ccc([N+](=O)[O-])cc1. The predicted octanol–water partition coefficient (Wildman–Crippen LogP) is 5.72. The van der Waals surface area contributed by atoms with Crippen LogP contribution in [0, 0.1) is 36.3 Å². The summed E-state index contributed by atoms with van der Waals surface area (Å²) in [4.78, 5) is 10.3. The Balaban J connectivity index is 1.87. The van der Waals surface area contributed by atoms with Gasteiger partial charge in [0.15, 0.2) is 11.5 Å². The second-order valence-corrected chi connectivity index (χ2v) is 7.77. The molecular weight excluding hydrogens is 521 g/mol. The van der Waals surface area contributed by atoms with E-state index in [1.807, 2.05) is 6.07 Å². The smallest absolute Gasteiger partial charge is 0.269 e. The zero-order valence-corrected chi connectivity index (χ0v) is 19.1. The van der Waals surface area contributed by atoms with Gasteiger partial charge in [0, 0.05) is 12.1 Å². The van der Waals surface area contributed by atoms with Crippen molar-refractivity contribution in [3.8, 4) is 23.6 Å². The van der Waals surface area contributed by atoms with Crippen LogP contribution in [0.2, 0.25) is 0 Å². The summed E-state index contributed by atoms with van der Waals surface area (Å²) in [5.74, 6) is 1.03. The number of halogens is 1. The van der Waals surface area contributed by atoms with Crippen LogP contribution in [0.1, 0.15) is 22.3 Å². The van der Waals surface area contributed by atoms with Gasteiger partial charge < -0.3 is 9.47 Å². The van der Waals surface area contributed by atoms with Gasteiger partial charge in [-0.3, -0.25) is 10.1 Å². The average molecular weight is 537 g/mol. The first-order valence-corrected chi connectivity index (χ1v) is 10.4. The third-order valence-corrected chi connectivity index (χ3v) is 5.32. The number of hydrogen-bond acceptors (Lipinski definition) is 6. The standard InChI is InChI=1S/C24H16IN3O4/c1-31-23-12-18(10-20(14-27)19-4-2-3-17(9-19)13-26)11-22(25)24(23)32-15-16-5-7-21(8-6-16)28(29)30/h2-12H,15H2,1H3/b20-10+. The van der Waals surface area contributed by atoms with Crippen molar-refractivity contribution >= 4 is 39.9 Å². The number of non-ortho nitro benzene ring substituents is 1. The van der Waals surface area contributed by atoms with Crippen LogP contribution in [0.15, 0.2) is 60.7 Å². The molecule has 0 aliphatic rings. The summed E-state index contributed by atoms with van der Waals surface area (Å²) in [6.07, 6.45) is 1.72. The highest BCUT2D eigenvalue weighted by Gasteiger charge is 2.13. The lowest BCUT2D eigenvalue weighted by Crippen LogP contribution is -2.00. The van der Waals surface area contributed by atoms with Gasteiger partial charge in [-0.05, 0) is 81.8 Å². The molecule has 0 amide bonds. The van der Waals surface area contributed by atoms with E-state index in [1.54, 1.807) is 48.5 Å². The van der Waals surface area contributed by atoms with Crippen molar-refractivity contribution in [1.29, 1.82) is 10.5 Å². The Morgan fingerprint density at radius 2 is 1.91 bits per heavy atom. The molecule has 0 aliphatic heterocycles. The Hall–Kier alpha value is -3.89. The molecular formula is C24H16IN3O4. The topological polar surface area (TPSA) is 109 Å². The Bertz CT molecular complexity index is 1270. The minimum absolute atomic E-state index is 0.0191. The predicted molar refractivity (Wildman–Crippen MR) is 128 cm³/mol. The quantitative estimate of drug-likeness (QED) is 0.125. The minimum Gasteiger partial charge on any atom is -0.493 e. The molecule has 0 bridgehead atoms. The van der Waals surface area contributed by atoms with E-state index in [4.69, 9.17) is 14.7 Å². The van der Waals surface area contributed by atoms with Crippen LogP contribution in [0.4, 0.5) is 5.69 Å². The summed E-state index contributed by atoms with van der Waals surface area (Å²) in [5.41, 5.74) is 3.09. The van der Waals surface area contributed by atoms with Gasteiger partial charge in [-0.25, -0.2) is 0 Å². The van der Waals surface area contributed by atoms with E-state index >= 15 is 0 Å². The fourth-order valence-corrected chi connectivity index (χ4v) is 3.72. The van der Waals surface area contributed by atoms with Gasteiger partial charge in [0.2, 0.25) is 0 Å². The first-order chi connectivity index (χ1) is 15.4. The zero-order valence-electron chi connectivity index (χ0n) is 16.9. The molecule has 0 saturated carbocycles. The lowest BCUT2D eigenvalue weighted by atomic mass is 10.0. The number of ether oxygens (including phenoxy) is 2. The van der Waals surface area contributed by atoms with Crippen LogP contribution in [0.25, 0.3) is 11.6 Å². The highest BCUT2D eigenvalue weighted by atomic mass is 127. The number of hydrogen-bond donors (Lipinski definition) is 0. The van der Waals surface area contributed by atoms with Crippen molar-refractivity contribution in [2.24, 2.45) is 0 Å². The zero-order chi connectivity index (χ0) is 23.1. The number of nitro benzene ring substituents is 1. The number of benzene rings is 3. The molecule has 158 valence electrons. The van der Waals surface area contributed by atoms with E-state index in [9.17, 15) is 15.4 Å².